The van der Waals surface area contributed by atoms with Crippen LogP contribution in [0.5, 0.6) is 0 Å². The van der Waals surface area contributed by atoms with Gasteiger partial charge in [0.1, 0.15) is 5.84 Å². The summed E-state index contributed by atoms with van der Waals surface area (Å²) in [6.07, 6.45) is 2.76. The zero-order chi connectivity index (χ0) is 13.5. The van der Waals surface area contributed by atoms with Crippen LogP contribution < -0.4 is 0 Å². The van der Waals surface area contributed by atoms with Gasteiger partial charge in [0.25, 0.3) is 0 Å². The molecule has 1 aromatic heterocycles. The van der Waals surface area contributed by atoms with E-state index < -0.39 is 0 Å². The molecule has 1 aromatic carbocycles. The SMILES string of the molecule is N#CCC1=NC2=Cc3nc4ccccc4nc3CC2=N1. The number of para-hydroxylation sites is 2. The maximum atomic E-state index is 8.72. The van der Waals surface area contributed by atoms with Crippen molar-refractivity contribution in [3.8, 4) is 6.07 Å². The van der Waals surface area contributed by atoms with E-state index in [0.717, 1.165) is 33.8 Å². The highest BCUT2D eigenvalue weighted by molar-refractivity contribution is 6.17. The first-order valence-corrected chi connectivity index (χ1v) is 6.33. The van der Waals surface area contributed by atoms with Crippen molar-refractivity contribution in [2.45, 2.75) is 12.8 Å². The fourth-order valence-electron chi connectivity index (χ4n) is 2.42. The minimum Gasteiger partial charge on any atom is -0.249 e. The standard InChI is InChI=1S/C15H9N5/c16-6-5-15-19-13-7-11-12(8-14(13)20-15)18-10-4-2-1-3-9(10)17-11/h1-4,7H,5,8H2. The monoisotopic (exact) mass is 259 g/mol. The van der Waals surface area contributed by atoms with Crippen LogP contribution in [0.3, 0.4) is 0 Å². The van der Waals surface area contributed by atoms with Gasteiger partial charge in [-0.3, -0.25) is 0 Å². The Morgan fingerprint density at radius 2 is 1.90 bits per heavy atom. The molecule has 2 aliphatic rings. The number of hydrogen-bond acceptors (Lipinski definition) is 5. The summed E-state index contributed by atoms with van der Waals surface area (Å²) in [6.45, 7) is 0. The molecule has 4 rings (SSSR count). The average molecular weight is 259 g/mol. The van der Waals surface area contributed by atoms with Crippen LogP contribution in [-0.2, 0) is 6.42 Å². The second-order valence-corrected chi connectivity index (χ2v) is 4.67. The number of rotatable bonds is 1. The van der Waals surface area contributed by atoms with E-state index in [1.165, 1.54) is 0 Å². The van der Waals surface area contributed by atoms with Gasteiger partial charge in [0.05, 0.1) is 46.3 Å². The lowest BCUT2D eigenvalue weighted by molar-refractivity contribution is 1.09. The zero-order valence-corrected chi connectivity index (χ0v) is 10.5. The number of nitriles is 1. The smallest absolute Gasteiger partial charge is 0.143 e. The van der Waals surface area contributed by atoms with E-state index in [-0.39, 0.29) is 6.42 Å². The molecule has 0 saturated heterocycles. The van der Waals surface area contributed by atoms with Crippen LogP contribution in [0.25, 0.3) is 17.1 Å². The summed E-state index contributed by atoms with van der Waals surface area (Å²) in [4.78, 5) is 18.0. The highest BCUT2D eigenvalue weighted by Crippen LogP contribution is 2.26. The van der Waals surface area contributed by atoms with E-state index in [4.69, 9.17) is 5.26 Å². The Labute approximate surface area is 115 Å². The predicted octanol–water partition coefficient (Wildman–Crippen LogP) is 2.29. The second kappa shape index (κ2) is 4.07. The van der Waals surface area contributed by atoms with Crippen molar-refractivity contribution in [1.29, 1.82) is 5.26 Å². The third-order valence-corrected chi connectivity index (χ3v) is 3.33. The van der Waals surface area contributed by atoms with Crippen LogP contribution in [0.2, 0.25) is 0 Å². The molecule has 0 bridgehead atoms. The lowest BCUT2D eigenvalue weighted by Gasteiger charge is -2.12. The fraction of sp³-hybridized carbons (Fsp3) is 0.133. The molecular formula is C15H9N5. The highest BCUT2D eigenvalue weighted by Gasteiger charge is 2.24. The normalized spacial score (nSPS) is 15.8. The van der Waals surface area contributed by atoms with Crippen molar-refractivity contribution in [2.24, 2.45) is 9.98 Å². The van der Waals surface area contributed by atoms with Gasteiger partial charge in [-0.2, -0.15) is 5.26 Å². The fourth-order valence-corrected chi connectivity index (χ4v) is 2.42. The summed E-state index contributed by atoms with van der Waals surface area (Å²) >= 11 is 0. The van der Waals surface area contributed by atoms with Crippen molar-refractivity contribution < 1.29 is 0 Å². The third kappa shape index (κ3) is 1.62. The summed E-state index contributed by atoms with van der Waals surface area (Å²) in [5.74, 6) is 0.575. The Hall–Kier alpha value is -2.87. The molecule has 0 saturated carbocycles. The number of aliphatic imine (C=N–C) groups is 2. The number of nitrogens with zero attached hydrogens (tertiary/aromatic N) is 5. The minimum absolute atomic E-state index is 0.236. The van der Waals surface area contributed by atoms with Crippen molar-refractivity contribution >= 4 is 28.7 Å². The van der Waals surface area contributed by atoms with Crippen molar-refractivity contribution in [1.82, 2.24) is 9.97 Å². The largest absolute Gasteiger partial charge is 0.249 e. The lowest BCUT2D eigenvalue weighted by atomic mass is 10.0. The molecule has 5 heteroatoms. The van der Waals surface area contributed by atoms with E-state index in [0.29, 0.717) is 12.3 Å². The van der Waals surface area contributed by atoms with E-state index in [9.17, 15) is 0 Å². The van der Waals surface area contributed by atoms with Crippen LogP contribution in [0.15, 0.2) is 39.9 Å². The highest BCUT2D eigenvalue weighted by atomic mass is 15.0. The Morgan fingerprint density at radius 1 is 1.10 bits per heavy atom. The third-order valence-electron chi connectivity index (χ3n) is 3.33. The van der Waals surface area contributed by atoms with Gasteiger partial charge in [-0.25, -0.2) is 20.0 Å². The topological polar surface area (TPSA) is 74.3 Å². The summed E-state index contributed by atoms with van der Waals surface area (Å²) in [5, 5.41) is 8.72. The van der Waals surface area contributed by atoms with Gasteiger partial charge in [0, 0.05) is 6.42 Å². The van der Waals surface area contributed by atoms with Gasteiger partial charge < -0.3 is 0 Å². The summed E-state index contributed by atoms with van der Waals surface area (Å²) in [7, 11) is 0. The Balaban J connectivity index is 1.85. The Bertz CT molecular complexity index is 867. The van der Waals surface area contributed by atoms with Crippen LogP contribution in [0.4, 0.5) is 0 Å². The molecule has 0 spiro atoms. The number of hydrogen-bond donors (Lipinski definition) is 0. The summed E-state index contributed by atoms with van der Waals surface area (Å²) in [6, 6.07) is 9.88. The summed E-state index contributed by atoms with van der Waals surface area (Å²) in [5.41, 5.74) is 5.22. The quantitative estimate of drug-likeness (QED) is 0.788. The van der Waals surface area contributed by atoms with Crippen LogP contribution in [0, 0.1) is 11.3 Å². The molecule has 20 heavy (non-hydrogen) atoms. The predicted molar refractivity (Wildman–Crippen MR) is 76.3 cm³/mol. The molecule has 0 N–H and O–H groups in total. The molecule has 1 aliphatic carbocycles. The minimum atomic E-state index is 0.236. The first kappa shape index (κ1) is 11.0. The number of allylic oxidation sites excluding steroid dienone is 1. The first-order chi connectivity index (χ1) is 9.83. The molecule has 0 radical (unpaired) electrons. The first-order valence-electron chi connectivity index (χ1n) is 6.33. The maximum absolute atomic E-state index is 8.72. The van der Waals surface area contributed by atoms with Gasteiger partial charge in [0.15, 0.2) is 0 Å². The lowest BCUT2D eigenvalue weighted by Crippen LogP contribution is -2.12. The van der Waals surface area contributed by atoms with E-state index in [2.05, 4.69) is 26.0 Å². The van der Waals surface area contributed by atoms with Crippen molar-refractivity contribution in [3.63, 3.8) is 0 Å². The zero-order valence-electron chi connectivity index (χ0n) is 10.5. The molecule has 2 aromatic rings. The van der Waals surface area contributed by atoms with Crippen LogP contribution >= 0.6 is 0 Å². The van der Waals surface area contributed by atoms with Gasteiger partial charge in [-0.05, 0) is 18.2 Å². The second-order valence-electron chi connectivity index (χ2n) is 4.67. The van der Waals surface area contributed by atoms with E-state index in [1.54, 1.807) is 0 Å². The van der Waals surface area contributed by atoms with Crippen LogP contribution in [0.1, 0.15) is 17.8 Å². The van der Waals surface area contributed by atoms with Crippen LogP contribution in [-0.4, -0.2) is 21.5 Å². The van der Waals surface area contributed by atoms with Crippen molar-refractivity contribution in [2.75, 3.05) is 0 Å². The molecule has 0 amide bonds. The van der Waals surface area contributed by atoms with Gasteiger partial charge in [-0.15, -0.1) is 0 Å². The molecule has 94 valence electrons. The molecule has 5 nitrogen and oxygen atoms in total. The molecule has 0 fully saturated rings. The van der Waals surface area contributed by atoms with Gasteiger partial charge in [-0.1, -0.05) is 12.1 Å². The van der Waals surface area contributed by atoms with Gasteiger partial charge in [0.2, 0.25) is 0 Å². The maximum Gasteiger partial charge on any atom is 0.143 e. The Kier molecular flexibility index (Phi) is 2.24. The van der Waals surface area contributed by atoms with Crippen molar-refractivity contribution in [3.05, 3.63) is 41.4 Å². The van der Waals surface area contributed by atoms with E-state index >= 15 is 0 Å². The number of fused-ring (bicyclic) bond motifs is 3. The summed E-state index contributed by atoms with van der Waals surface area (Å²) < 4.78 is 0. The molecule has 0 unspecified atom stereocenters. The number of benzene rings is 1. The van der Waals surface area contributed by atoms with E-state index in [1.807, 2.05) is 30.3 Å². The van der Waals surface area contributed by atoms with Gasteiger partial charge >= 0.3 is 0 Å². The average Bonchev–Trinajstić information content (AvgIpc) is 2.84. The molecule has 0 atom stereocenters. The number of aromatic nitrogens is 2. The Morgan fingerprint density at radius 3 is 2.70 bits per heavy atom. The molecule has 1 aliphatic heterocycles. The number of amidine groups is 1. The molecule has 2 heterocycles. The molecular weight excluding hydrogens is 250 g/mol.